The van der Waals surface area contributed by atoms with Crippen LogP contribution in [0.25, 0.3) is 11.1 Å². The number of nitrogens with one attached hydrogen (secondary N) is 1. The van der Waals surface area contributed by atoms with E-state index >= 15 is 0 Å². The van der Waals surface area contributed by atoms with Crippen LogP contribution < -0.4 is 10.2 Å². The molecular formula is C22H23F2N5O. The largest absolute Gasteiger partial charge is 0.393 e. The van der Waals surface area contributed by atoms with Gasteiger partial charge in [0.05, 0.1) is 6.10 Å². The predicted molar refractivity (Wildman–Crippen MR) is 111 cm³/mol. The number of anilines is 2. The number of rotatable bonds is 5. The lowest BCUT2D eigenvalue weighted by atomic mass is 10.0. The van der Waals surface area contributed by atoms with Crippen molar-refractivity contribution in [2.75, 3.05) is 23.3 Å². The minimum absolute atomic E-state index is 0.0698. The van der Waals surface area contributed by atoms with E-state index in [0.717, 1.165) is 11.3 Å². The molecule has 3 aromatic rings. The van der Waals surface area contributed by atoms with Gasteiger partial charge in [-0.25, -0.2) is 14.4 Å². The number of aromatic nitrogens is 3. The molecule has 8 heteroatoms. The van der Waals surface area contributed by atoms with Crippen molar-refractivity contribution in [3.63, 3.8) is 0 Å². The fourth-order valence-corrected chi connectivity index (χ4v) is 3.58. The summed E-state index contributed by atoms with van der Waals surface area (Å²) < 4.78 is 29.5. The number of hydrogen-bond donors (Lipinski definition) is 2. The van der Waals surface area contributed by atoms with Crippen LogP contribution in [0.15, 0.2) is 42.9 Å². The Labute approximate surface area is 173 Å². The van der Waals surface area contributed by atoms with Crippen LogP contribution >= 0.6 is 0 Å². The van der Waals surface area contributed by atoms with Gasteiger partial charge in [-0.2, -0.15) is 4.39 Å². The van der Waals surface area contributed by atoms with Crippen LogP contribution in [0.4, 0.5) is 20.4 Å². The number of aliphatic hydroxyl groups excluding tert-OH is 1. The van der Waals surface area contributed by atoms with Crippen molar-refractivity contribution >= 4 is 11.6 Å². The molecular weight excluding hydrogens is 388 g/mol. The molecule has 0 bridgehead atoms. The summed E-state index contributed by atoms with van der Waals surface area (Å²) in [6.45, 7) is 3.15. The quantitative estimate of drug-likeness (QED) is 0.667. The third-order valence-electron chi connectivity index (χ3n) is 5.24. The summed E-state index contributed by atoms with van der Waals surface area (Å²) in [4.78, 5) is 14.0. The van der Waals surface area contributed by atoms with E-state index in [1.807, 2.05) is 13.0 Å². The first-order valence-corrected chi connectivity index (χ1v) is 9.90. The van der Waals surface area contributed by atoms with Crippen LogP contribution in [0, 0.1) is 18.6 Å². The summed E-state index contributed by atoms with van der Waals surface area (Å²) in [5.41, 5.74) is 2.74. The monoisotopic (exact) mass is 411 g/mol. The van der Waals surface area contributed by atoms with Gasteiger partial charge in [0.1, 0.15) is 12.1 Å². The molecule has 0 radical (unpaired) electrons. The number of hydrogen-bond acceptors (Lipinski definition) is 6. The molecule has 1 aliphatic rings. The lowest BCUT2D eigenvalue weighted by Gasteiger charge is -2.30. The van der Waals surface area contributed by atoms with E-state index in [4.69, 9.17) is 0 Å². The third kappa shape index (κ3) is 4.38. The van der Waals surface area contributed by atoms with E-state index in [0.29, 0.717) is 37.1 Å². The molecule has 2 N–H and O–H groups in total. The van der Waals surface area contributed by atoms with Crippen molar-refractivity contribution < 1.29 is 13.9 Å². The van der Waals surface area contributed by atoms with E-state index in [2.05, 4.69) is 20.3 Å². The second-order valence-corrected chi connectivity index (χ2v) is 7.43. The van der Waals surface area contributed by atoms with E-state index in [1.54, 1.807) is 29.3 Å². The fourth-order valence-electron chi connectivity index (χ4n) is 3.58. The third-order valence-corrected chi connectivity index (χ3v) is 5.24. The van der Waals surface area contributed by atoms with Crippen LogP contribution in [0.5, 0.6) is 0 Å². The summed E-state index contributed by atoms with van der Waals surface area (Å²) in [5.74, 6) is -0.608. The second-order valence-electron chi connectivity index (χ2n) is 7.43. The van der Waals surface area contributed by atoms with Gasteiger partial charge in [-0.05, 0) is 49.1 Å². The van der Waals surface area contributed by atoms with Crippen LogP contribution in [0.3, 0.4) is 0 Å². The summed E-state index contributed by atoms with van der Waals surface area (Å²) in [5, 5.41) is 12.6. The van der Waals surface area contributed by atoms with Gasteiger partial charge >= 0.3 is 0 Å². The molecule has 1 aromatic carbocycles. The van der Waals surface area contributed by atoms with Crippen LogP contribution in [-0.4, -0.2) is 39.3 Å². The first kappa shape index (κ1) is 20.2. The Morgan fingerprint density at radius 3 is 2.63 bits per heavy atom. The van der Waals surface area contributed by atoms with E-state index in [-0.39, 0.29) is 30.1 Å². The summed E-state index contributed by atoms with van der Waals surface area (Å²) in [7, 11) is 0. The SMILES string of the molecule is Cc1cc(-c2ccc(CNc3ncnc(N4CCC(O)CC4)c3F)cc2F)ccn1. The maximum atomic E-state index is 14.9. The van der Waals surface area contributed by atoms with Crippen molar-refractivity contribution in [2.24, 2.45) is 0 Å². The maximum Gasteiger partial charge on any atom is 0.207 e. The van der Waals surface area contributed by atoms with Crippen molar-refractivity contribution in [3.8, 4) is 11.1 Å². The average molecular weight is 411 g/mol. The van der Waals surface area contributed by atoms with Gasteiger partial charge in [0.15, 0.2) is 11.6 Å². The molecule has 0 aliphatic carbocycles. The van der Waals surface area contributed by atoms with Gasteiger partial charge in [0, 0.05) is 37.1 Å². The molecule has 30 heavy (non-hydrogen) atoms. The Morgan fingerprint density at radius 1 is 1.10 bits per heavy atom. The number of aliphatic hydroxyl groups is 1. The Hall–Kier alpha value is -3.13. The molecule has 1 saturated heterocycles. The van der Waals surface area contributed by atoms with Gasteiger partial charge in [0.25, 0.3) is 0 Å². The van der Waals surface area contributed by atoms with Gasteiger partial charge in [-0.1, -0.05) is 12.1 Å². The van der Waals surface area contributed by atoms with Crippen LogP contribution in [0.2, 0.25) is 0 Å². The standard InChI is InChI=1S/C22H23F2N5O/c1-14-10-16(4-7-25-14)18-3-2-15(11-19(18)23)12-26-21-20(24)22(28-13-27-21)29-8-5-17(30)6-9-29/h2-4,7,10-11,13,17,30H,5-6,8-9,12H2,1H3,(H,26,27,28). The molecule has 4 rings (SSSR count). The Bertz CT molecular complexity index is 1040. The molecule has 0 unspecified atom stereocenters. The zero-order valence-electron chi connectivity index (χ0n) is 16.6. The van der Waals surface area contributed by atoms with Gasteiger partial charge in [-0.15, -0.1) is 0 Å². The molecule has 0 saturated carbocycles. The fraction of sp³-hybridized carbons (Fsp3) is 0.318. The lowest BCUT2D eigenvalue weighted by Crippen LogP contribution is -2.37. The normalized spacial score (nSPS) is 14.7. The number of aryl methyl sites for hydroxylation is 1. The maximum absolute atomic E-state index is 14.9. The van der Waals surface area contributed by atoms with Crippen LogP contribution in [0.1, 0.15) is 24.1 Å². The molecule has 156 valence electrons. The zero-order chi connectivity index (χ0) is 21.1. The van der Waals surface area contributed by atoms with Crippen molar-refractivity contribution in [1.82, 2.24) is 15.0 Å². The smallest absolute Gasteiger partial charge is 0.207 e. The first-order chi connectivity index (χ1) is 14.5. The number of pyridine rings is 1. The molecule has 6 nitrogen and oxygen atoms in total. The molecule has 0 atom stereocenters. The Balaban J connectivity index is 1.47. The minimum Gasteiger partial charge on any atom is -0.393 e. The summed E-state index contributed by atoms with van der Waals surface area (Å²) >= 11 is 0. The Kier molecular flexibility index (Phi) is 5.85. The van der Waals surface area contributed by atoms with E-state index in [9.17, 15) is 13.9 Å². The molecule has 0 spiro atoms. The van der Waals surface area contributed by atoms with Crippen molar-refractivity contribution in [2.45, 2.75) is 32.4 Å². The molecule has 1 fully saturated rings. The number of piperidine rings is 1. The lowest BCUT2D eigenvalue weighted by molar-refractivity contribution is 0.145. The molecule has 0 amide bonds. The summed E-state index contributed by atoms with van der Waals surface area (Å²) in [6.07, 6.45) is 3.76. The number of benzene rings is 1. The zero-order valence-corrected chi connectivity index (χ0v) is 16.6. The molecule has 3 heterocycles. The highest BCUT2D eigenvalue weighted by Gasteiger charge is 2.22. The first-order valence-electron chi connectivity index (χ1n) is 9.90. The average Bonchev–Trinajstić information content (AvgIpc) is 2.74. The van der Waals surface area contributed by atoms with E-state index < -0.39 is 5.82 Å². The van der Waals surface area contributed by atoms with Gasteiger partial charge < -0.3 is 15.3 Å². The topological polar surface area (TPSA) is 74.2 Å². The van der Waals surface area contributed by atoms with Crippen LogP contribution in [-0.2, 0) is 6.54 Å². The van der Waals surface area contributed by atoms with Gasteiger partial charge in [-0.3, -0.25) is 4.98 Å². The van der Waals surface area contributed by atoms with Crippen molar-refractivity contribution in [3.05, 3.63) is 65.7 Å². The highest BCUT2D eigenvalue weighted by molar-refractivity contribution is 5.64. The van der Waals surface area contributed by atoms with Crippen molar-refractivity contribution in [1.29, 1.82) is 0 Å². The molecule has 1 aliphatic heterocycles. The molecule has 2 aromatic heterocycles. The second kappa shape index (κ2) is 8.71. The number of nitrogens with zero attached hydrogens (tertiary/aromatic N) is 4. The summed E-state index contributed by atoms with van der Waals surface area (Å²) in [6, 6.07) is 8.54. The number of halogens is 2. The minimum atomic E-state index is -0.543. The highest BCUT2D eigenvalue weighted by atomic mass is 19.1. The van der Waals surface area contributed by atoms with E-state index in [1.165, 1.54) is 12.4 Å². The Morgan fingerprint density at radius 2 is 1.90 bits per heavy atom. The predicted octanol–water partition coefficient (Wildman–Crippen LogP) is 3.70. The van der Waals surface area contributed by atoms with Gasteiger partial charge in [0.2, 0.25) is 5.82 Å². The highest BCUT2D eigenvalue weighted by Crippen LogP contribution is 2.26.